The average Bonchev–Trinajstić information content (AvgIpc) is 2.56. The number of methoxy groups -OCH3 is 2. The van der Waals surface area contributed by atoms with Crippen LogP contribution in [0.25, 0.3) is 0 Å². The van der Waals surface area contributed by atoms with E-state index in [0.717, 1.165) is 0 Å². The summed E-state index contributed by atoms with van der Waals surface area (Å²) < 4.78 is 9.79. The molecule has 0 atom stereocenters. The number of hydrogen-bond acceptors (Lipinski definition) is 4. The first-order valence-corrected chi connectivity index (χ1v) is 7.02. The lowest BCUT2D eigenvalue weighted by Gasteiger charge is -2.11. The molecule has 2 aromatic rings. The number of esters is 1. The van der Waals surface area contributed by atoms with Gasteiger partial charge in [0.25, 0.3) is 0 Å². The fourth-order valence-electron chi connectivity index (χ4n) is 1.90. The Bertz CT molecular complexity index is 734. The molecule has 2 rings (SSSR count). The highest BCUT2D eigenvalue weighted by molar-refractivity contribution is 6.33. The summed E-state index contributed by atoms with van der Waals surface area (Å²) in [6.07, 6.45) is 0. The van der Waals surface area contributed by atoms with Gasteiger partial charge in [-0.1, -0.05) is 23.7 Å². The number of benzene rings is 2. The SMILES string of the molecule is COC(=O)c1cc(NC(=O)Nc2ccccc2OC)ccc1Cl. The predicted molar refractivity (Wildman–Crippen MR) is 88.4 cm³/mol. The molecule has 0 bridgehead atoms. The zero-order valence-corrected chi connectivity index (χ0v) is 13.3. The molecule has 6 nitrogen and oxygen atoms in total. The summed E-state index contributed by atoms with van der Waals surface area (Å²) in [6.45, 7) is 0. The highest BCUT2D eigenvalue weighted by Crippen LogP contribution is 2.24. The Labute approximate surface area is 138 Å². The molecular weight excluding hydrogens is 320 g/mol. The molecule has 0 aliphatic rings. The predicted octanol–water partition coefficient (Wildman–Crippen LogP) is 3.78. The van der Waals surface area contributed by atoms with Crippen LogP contribution in [0.15, 0.2) is 42.5 Å². The van der Waals surface area contributed by atoms with Crippen molar-refractivity contribution < 1.29 is 19.1 Å². The second kappa shape index (κ2) is 7.51. The number of carbonyl (C=O) groups is 2. The summed E-state index contributed by atoms with van der Waals surface area (Å²) in [5.74, 6) is -0.0437. The quantitative estimate of drug-likeness (QED) is 0.834. The maximum atomic E-state index is 12.1. The molecule has 0 heterocycles. The lowest BCUT2D eigenvalue weighted by Crippen LogP contribution is -2.20. The van der Waals surface area contributed by atoms with Gasteiger partial charge >= 0.3 is 12.0 Å². The zero-order chi connectivity index (χ0) is 16.8. The van der Waals surface area contributed by atoms with Crippen molar-refractivity contribution in [2.45, 2.75) is 0 Å². The number of anilines is 2. The first-order chi connectivity index (χ1) is 11.0. The Morgan fingerprint density at radius 2 is 1.78 bits per heavy atom. The van der Waals surface area contributed by atoms with E-state index in [1.54, 1.807) is 30.3 Å². The molecular formula is C16H15ClN2O4. The molecule has 0 saturated carbocycles. The van der Waals surface area contributed by atoms with Crippen molar-refractivity contribution >= 4 is 35.0 Å². The average molecular weight is 335 g/mol. The van der Waals surface area contributed by atoms with Crippen LogP contribution in [0.3, 0.4) is 0 Å². The van der Waals surface area contributed by atoms with E-state index in [-0.39, 0.29) is 10.6 Å². The fourth-order valence-corrected chi connectivity index (χ4v) is 2.10. The number of para-hydroxylation sites is 2. The molecule has 2 N–H and O–H groups in total. The van der Waals surface area contributed by atoms with Gasteiger partial charge in [-0.25, -0.2) is 9.59 Å². The van der Waals surface area contributed by atoms with Gasteiger partial charge in [0.15, 0.2) is 0 Å². The maximum Gasteiger partial charge on any atom is 0.339 e. The molecule has 0 unspecified atom stereocenters. The topological polar surface area (TPSA) is 76.7 Å². The lowest BCUT2D eigenvalue weighted by atomic mass is 10.2. The van der Waals surface area contributed by atoms with Crippen LogP contribution < -0.4 is 15.4 Å². The van der Waals surface area contributed by atoms with Gasteiger partial charge in [-0.15, -0.1) is 0 Å². The zero-order valence-electron chi connectivity index (χ0n) is 12.6. The molecule has 0 fully saturated rings. The summed E-state index contributed by atoms with van der Waals surface area (Å²) in [4.78, 5) is 23.7. The summed E-state index contributed by atoms with van der Waals surface area (Å²) in [6, 6.07) is 11.1. The summed E-state index contributed by atoms with van der Waals surface area (Å²) in [7, 11) is 2.77. The number of urea groups is 1. The van der Waals surface area contributed by atoms with Crippen molar-refractivity contribution in [1.82, 2.24) is 0 Å². The summed E-state index contributed by atoms with van der Waals surface area (Å²) in [5.41, 5.74) is 1.10. The first kappa shape index (κ1) is 16.6. The number of nitrogens with one attached hydrogen (secondary N) is 2. The van der Waals surface area contributed by atoms with E-state index in [1.807, 2.05) is 0 Å². The Hall–Kier alpha value is -2.73. The van der Waals surface area contributed by atoms with Crippen molar-refractivity contribution in [1.29, 1.82) is 0 Å². The molecule has 120 valence electrons. The van der Waals surface area contributed by atoms with Gasteiger partial charge in [0.1, 0.15) is 5.75 Å². The highest BCUT2D eigenvalue weighted by atomic mass is 35.5. The van der Waals surface area contributed by atoms with Crippen LogP contribution in [0.2, 0.25) is 5.02 Å². The van der Waals surface area contributed by atoms with Gasteiger partial charge in [-0.05, 0) is 30.3 Å². The van der Waals surface area contributed by atoms with Gasteiger partial charge in [0, 0.05) is 5.69 Å². The van der Waals surface area contributed by atoms with Gasteiger partial charge in [-0.2, -0.15) is 0 Å². The van der Waals surface area contributed by atoms with Crippen LogP contribution in [0.1, 0.15) is 10.4 Å². The van der Waals surface area contributed by atoms with Crippen molar-refractivity contribution in [2.24, 2.45) is 0 Å². The van der Waals surface area contributed by atoms with Crippen LogP contribution in [-0.2, 0) is 4.74 Å². The molecule has 0 aliphatic heterocycles. The Balaban J connectivity index is 2.13. The van der Waals surface area contributed by atoms with Crippen LogP contribution in [0.4, 0.5) is 16.2 Å². The number of ether oxygens (including phenoxy) is 2. The van der Waals surface area contributed by atoms with Crippen LogP contribution >= 0.6 is 11.6 Å². The maximum absolute atomic E-state index is 12.1. The first-order valence-electron chi connectivity index (χ1n) is 6.64. The van der Waals surface area contributed by atoms with E-state index in [0.29, 0.717) is 17.1 Å². The Kier molecular flexibility index (Phi) is 5.43. The van der Waals surface area contributed by atoms with Crippen molar-refractivity contribution in [3.8, 4) is 5.75 Å². The molecule has 2 amide bonds. The molecule has 7 heteroatoms. The van der Waals surface area contributed by atoms with E-state index >= 15 is 0 Å². The number of amides is 2. The Morgan fingerprint density at radius 3 is 2.48 bits per heavy atom. The molecule has 0 aromatic heterocycles. The monoisotopic (exact) mass is 334 g/mol. The van der Waals surface area contributed by atoms with Crippen LogP contribution in [0.5, 0.6) is 5.75 Å². The van der Waals surface area contributed by atoms with E-state index in [4.69, 9.17) is 16.3 Å². The number of halogens is 1. The fraction of sp³-hybridized carbons (Fsp3) is 0.125. The van der Waals surface area contributed by atoms with Crippen molar-refractivity contribution in [3.63, 3.8) is 0 Å². The van der Waals surface area contributed by atoms with E-state index in [1.165, 1.54) is 26.4 Å². The third-order valence-corrected chi connectivity index (χ3v) is 3.31. The molecule has 0 aliphatic carbocycles. The third-order valence-electron chi connectivity index (χ3n) is 2.98. The third kappa shape index (κ3) is 4.14. The van der Waals surface area contributed by atoms with Gasteiger partial charge < -0.3 is 20.1 Å². The van der Waals surface area contributed by atoms with Crippen LogP contribution in [-0.4, -0.2) is 26.2 Å². The van der Waals surface area contributed by atoms with E-state index in [9.17, 15) is 9.59 Å². The molecule has 0 spiro atoms. The summed E-state index contributed by atoms with van der Waals surface area (Å²) >= 11 is 5.93. The standard InChI is InChI=1S/C16H15ClN2O4/c1-22-14-6-4-3-5-13(14)19-16(21)18-10-7-8-12(17)11(9-10)15(20)23-2/h3-9H,1-2H3,(H2,18,19,21). The van der Waals surface area contributed by atoms with E-state index < -0.39 is 12.0 Å². The molecule has 0 radical (unpaired) electrons. The highest BCUT2D eigenvalue weighted by Gasteiger charge is 2.13. The number of rotatable bonds is 4. The smallest absolute Gasteiger partial charge is 0.339 e. The molecule has 2 aromatic carbocycles. The lowest BCUT2D eigenvalue weighted by molar-refractivity contribution is 0.0601. The van der Waals surface area contributed by atoms with Crippen molar-refractivity contribution in [2.75, 3.05) is 24.9 Å². The summed E-state index contributed by atoms with van der Waals surface area (Å²) in [5, 5.41) is 5.52. The second-order valence-corrected chi connectivity index (χ2v) is 4.87. The number of carbonyl (C=O) groups excluding carboxylic acids is 2. The normalized spacial score (nSPS) is 9.87. The second-order valence-electron chi connectivity index (χ2n) is 4.47. The van der Waals surface area contributed by atoms with Gasteiger partial charge in [-0.3, -0.25) is 0 Å². The molecule has 0 saturated heterocycles. The van der Waals surface area contributed by atoms with Crippen molar-refractivity contribution in [3.05, 3.63) is 53.1 Å². The Morgan fingerprint density at radius 1 is 1.04 bits per heavy atom. The van der Waals surface area contributed by atoms with Gasteiger partial charge in [0.2, 0.25) is 0 Å². The van der Waals surface area contributed by atoms with E-state index in [2.05, 4.69) is 15.4 Å². The van der Waals surface area contributed by atoms with Crippen LogP contribution in [0, 0.1) is 0 Å². The number of hydrogen-bond donors (Lipinski definition) is 2. The minimum absolute atomic E-state index is 0.171. The van der Waals surface area contributed by atoms with Gasteiger partial charge in [0.05, 0.1) is 30.5 Å². The molecule has 23 heavy (non-hydrogen) atoms. The minimum Gasteiger partial charge on any atom is -0.495 e. The largest absolute Gasteiger partial charge is 0.495 e. The minimum atomic E-state index is -0.580.